The summed E-state index contributed by atoms with van der Waals surface area (Å²) in [7, 11) is 0. The van der Waals surface area contributed by atoms with E-state index < -0.39 is 0 Å². The van der Waals surface area contributed by atoms with Crippen molar-refractivity contribution in [1.82, 2.24) is 39.5 Å². The summed E-state index contributed by atoms with van der Waals surface area (Å²) in [4.78, 5) is 30.8. The zero-order valence-electron chi connectivity index (χ0n) is 48.0. The molecule has 5 aromatic heterocycles. The quantitative estimate of drug-likeness (QED) is 0.165. The van der Waals surface area contributed by atoms with Gasteiger partial charge in [-0.15, -0.1) is 11.3 Å². The molecule has 0 aliphatic heterocycles. The van der Waals surface area contributed by atoms with Gasteiger partial charge >= 0.3 is 0 Å². The molecule has 0 aliphatic rings. The molecule has 0 fully saturated rings. The molecule has 5 heterocycles. The monoisotopic (exact) mass is 931 g/mol. The van der Waals surface area contributed by atoms with Gasteiger partial charge in [0.15, 0.2) is 6.39 Å². The second kappa shape index (κ2) is 21.3. The highest BCUT2D eigenvalue weighted by molar-refractivity contribution is 7.09. The number of oxazole rings is 1. The van der Waals surface area contributed by atoms with Crippen LogP contribution >= 0.6 is 11.3 Å². The molecule has 0 atom stereocenters. The normalized spacial score (nSPS) is 13.3. The van der Waals surface area contributed by atoms with Crippen LogP contribution in [-0.2, 0) is 54.3 Å². The van der Waals surface area contributed by atoms with Crippen LogP contribution in [-0.4, -0.2) is 39.5 Å². The van der Waals surface area contributed by atoms with E-state index in [-0.39, 0.29) is 54.3 Å². The molecule has 0 saturated heterocycles. The summed E-state index contributed by atoms with van der Waals surface area (Å²) in [6.45, 7) is 65.8. The number of rotatable bonds is 0. The van der Waals surface area contributed by atoms with E-state index in [1.807, 2.05) is 17.9 Å². The van der Waals surface area contributed by atoms with Gasteiger partial charge in [-0.05, 0) is 37.2 Å². The maximum absolute atomic E-state index is 5.44. The maximum Gasteiger partial charge on any atom is 0.181 e. The third-order valence-electron chi connectivity index (χ3n) is 10.3. The van der Waals surface area contributed by atoms with Crippen LogP contribution in [0.1, 0.15) is 258 Å². The number of aromatic amines is 1. The van der Waals surface area contributed by atoms with Crippen molar-refractivity contribution in [3.63, 3.8) is 0 Å². The molecule has 0 bridgehead atoms. The first-order valence-electron chi connectivity index (χ1n) is 23.9. The molecule has 0 saturated carbocycles. The van der Waals surface area contributed by atoms with E-state index >= 15 is 0 Å². The van der Waals surface area contributed by atoms with Gasteiger partial charge in [-0.25, -0.2) is 29.9 Å². The van der Waals surface area contributed by atoms with Crippen LogP contribution in [0.2, 0.25) is 0 Å². The van der Waals surface area contributed by atoms with Crippen molar-refractivity contribution in [2.75, 3.05) is 0 Å². The highest BCUT2D eigenvalue weighted by Crippen LogP contribution is 2.37. The molecule has 0 unspecified atom stereocenters. The van der Waals surface area contributed by atoms with Crippen molar-refractivity contribution < 1.29 is 4.42 Å². The van der Waals surface area contributed by atoms with E-state index in [9.17, 15) is 0 Å². The zero-order chi connectivity index (χ0) is 52.1. The van der Waals surface area contributed by atoms with E-state index in [1.165, 1.54) is 27.5 Å². The Morgan fingerprint density at radius 2 is 0.970 bits per heavy atom. The van der Waals surface area contributed by atoms with Crippen molar-refractivity contribution >= 4 is 11.3 Å². The van der Waals surface area contributed by atoms with Gasteiger partial charge in [0.05, 0.1) is 34.6 Å². The van der Waals surface area contributed by atoms with Gasteiger partial charge in [-0.2, -0.15) is 0 Å². The van der Waals surface area contributed by atoms with Gasteiger partial charge in [-0.1, -0.05) is 187 Å². The Hall–Kier alpha value is -3.66. The Morgan fingerprint density at radius 3 is 1.29 bits per heavy atom. The molecular formula is C56H98N8OS. The second-order valence-electron chi connectivity index (χ2n) is 28.0. The molecule has 1 N–H and O–H groups in total. The first-order chi connectivity index (χ1) is 29.1. The standard InChI is InChI=1S/C12H20N2.2C11H20N2.C11H19NO.C11H19NS/c1-11(2,3)9-7-13-8-14-10(9)12(4,5)6;1-10(2,3)8-9(11(4,5)6)13-7-12-8;1-10(2,3)9-12-7-8-13(9)11(4,5)6;2*1-10(2,3)8-9(11(4,5)6)13-7-12-8/h7-8H,1-6H3;7H,1-6H3,(H,12,13);7-8H,1-6H3;2*7H,1-6H3. The summed E-state index contributed by atoms with van der Waals surface area (Å²) in [5.74, 6) is 2.15. The number of nitrogens with one attached hydrogen (secondary N) is 1. The first kappa shape index (κ1) is 60.4. The van der Waals surface area contributed by atoms with Crippen LogP contribution in [0.15, 0.2) is 47.6 Å². The lowest BCUT2D eigenvalue weighted by molar-refractivity contribution is 0.354. The van der Waals surface area contributed by atoms with Crippen LogP contribution in [0, 0.1) is 0 Å². The molecule has 66 heavy (non-hydrogen) atoms. The van der Waals surface area contributed by atoms with Gasteiger partial charge in [0.25, 0.3) is 0 Å². The molecule has 0 amide bonds. The maximum atomic E-state index is 5.44. The Kier molecular flexibility index (Phi) is 19.5. The predicted octanol–water partition coefficient (Wildman–Crippen LogP) is 16.0. The fourth-order valence-corrected chi connectivity index (χ4v) is 8.02. The lowest BCUT2D eigenvalue weighted by Gasteiger charge is -2.28. The first-order valence-corrected chi connectivity index (χ1v) is 24.8. The molecule has 374 valence electrons. The van der Waals surface area contributed by atoms with Crippen LogP contribution in [0.25, 0.3) is 0 Å². The van der Waals surface area contributed by atoms with Crippen LogP contribution < -0.4 is 0 Å². The minimum Gasteiger partial charge on any atom is -0.448 e. The number of hydrogen-bond donors (Lipinski definition) is 1. The summed E-state index contributed by atoms with van der Waals surface area (Å²) in [5.41, 5.74) is 10.3. The fraction of sp³-hybridized carbons (Fsp3) is 0.714. The average Bonchev–Trinajstić information content (AvgIpc) is 3.91. The van der Waals surface area contributed by atoms with Crippen LogP contribution in [0.3, 0.4) is 0 Å². The van der Waals surface area contributed by atoms with E-state index in [1.54, 1.807) is 30.4 Å². The van der Waals surface area contributed by atoms with E-state index in [2.05, 4.69) is 253 Å². The third-order valence-corrected chi connectivity index (χ3v) is 11.5. The molecule has 9 nitrogen and oxygen atoms in total. The molecule has 0 aliphatic carbocycles. The summed E-state index contributed by atoms with van der Waals surface area (Å²) in [5, 5.41) is 0. The average molecular weight is 932 g/mol. The van der Waals surface area contributed by atoms with E-state index in [0.29, 0.717) is 0 Å². The van der Waals surface area contributed by atoms with Crippen LogP contribution in [0.5, 0.6) is 0 Å². The second-order valence-corrected chi connectivity index (χ2v) is 28.9. The van der Waals surface area contributed by atoms with Crippen LogP contribution in [0.4, 0.5) is 0 Å². The Morgan fingerprint density at radius 1 is 0.470 bits per heavy atom. The minimum absolute atomic E-state index is 0.0408. The van der Waals surface area contributed by atoms with Gasteiger partial charge < -0.3 is 14.0 Å². The van der Waals surface area contributed by atoms with E-state index in [4.69, 9.17) is 4.42 Å². The van der Waals surface area contributed by atoms with E-state index in [0.717, 1.165) is 23.0 Å². The number of nitrogens with zero attached hydrogens (tertiary/aromatic N) is 7. The number of imidazole rings is 2. The molecule has 10 heteroatoms. The fourth-order valence-electron chi connectivity index (χ4n) is 6.94. The Bertz CT molecular complexity index is 1800. The Balaban J connectivity index is 0.000000413. The number of hydrogen-bond acceptors (Lipinski definition) is 8. The topological polar surface area (TPSA) is 111 Å². The van der Waals surface area contributed by atoms with Crippen molar-refractivity contribution in [3.8, 4) is 0 Å². The molecule has 5 rings (SSSR count). The summed E-state index contributed by atoms with van der Waals surface area (Å²) < 4.78 is 7.69. The lowest BCUT2D eigenvalue weighted by Crippen LogP contribution is -2.29. The molecule has 0 spiro atoms. The lowest BCUT2D eigenvalue weighted by atomic mass is 9.79. The molecule has 0 aromatic carbocycles. The molecular weight excluding hydrogens is 833 g/mol. The smallest absolute Gasteiger partial charge is 0.181 e. The Labute approximate surface area is 409 Å². The van der Waals surface area contributed by atoms with Crippen molar-refractivity contribution in [2.45, 2.75) is 262 Å². The van der Waals surface area contributed by atoms with Gasteiger partial charge in [0.1, 0.15) is 17.9 Å². The van der Waals surface area contributed by atoms with Gasteiger partial charge in [-0.3, -0.25) is 0 Å². The number of aromatic nitrogens is 8. The molecule has 5 aromatic rings. The largest absolute Gasteiger partial charge is 0.448 e. The summed E-state index contributed by atoms with van der Waals surface area (Å²) >= 11 is 1.77. The highest BCUT2D eigenvalue weighted by Gasteiger charge is 2.31. The third kappa shape index (κ3) is 18.4. The summed E-state index contributed by atoms with van der Waals surface area (Å²) in [6.07, 6.45) is 10.8. The number of H-pyrrole nitrogens is 1. The SMILES string of the molecule is CC(C)(C)c1cncnc1C(C)(C)C.CC(C)(C)c1nc[nH]c1C(C)(C)C.CC(C)(C)c1nccn1C(C)(C)C.CC(C)(C)c1ncoc1C(C)(C)C.CC(C)(C)c1ncsc1C(C)(C)C. The van der Waals surface area contributed by atoms with Crippen molar-refractivity contribution in [1.29, 1.82) is 0 Å². The zero-order valence-corrected chi connectivity index (χ0v) is 48.8. The molecule has 0 radical (unpaired) electrons. The van der Waals surface area contributed by atoms with Gasteiger partial charge in [0, 0.05) is 72.6 Å². The van der Waals surface area contributed by atoms with Gasteiger partial charge in [0.2, 0.25) is 0 Å². The highest BCUT2D eigenvalue weighted by atomic mass is 32.1. The minimum atomic E-state index is 0.0408. The predicted molar refractivity (Wildman–Crippen MR) is 285 cm³/mol. The van der Waals surface area contributed by atoms with Crippen molar-refractivity contribution in [2.24, 2.45) is 0 Å². The number of thiazole rings is 1. The van der Waals surface area contributed by atoms with Crippen molar-refractivity contribution in [3.05, 3.63) is 93.6 Å². The summed E-state index contributed by atoms with van der Waals surface area (Å²) in [6, 6.07) is 0.